The van der Waals surface area contributed by atoms with Crippen LogP contribution >= 0.6 is 11.6 Å². The van der Waals surface area contributed by atoms with Crippen LogP contribution in [0.5, 0.6) is 5.75 Å². The van der Waals surface area contributed by atoms with E-state index < -0.39 is 0 Å². The number of benzene rings is 2. The van der Waals surface area contributed by atoms with Gasteiger partial charge in [0.2, 0.25) is 0 Å². The summed E-state index contributed by atoms with van der Waals surface area (Å²) in [6.45, 7) is 11.0. The normalized spacial score (nSPS) is 23.4. The second-order valence-electron chi connectivity index (χ2n) is 8.08. The largest absolute Gasteiger partial charge is 0.496 e. The maximum Gasteiger partial charge on any atom is 0.135 e. The third-order valence-corrected chi connectivity index (χ3v) is 6.96. The number of quaternary nitrogens is 1. The van der Waals surface area contributed by atoms with Crippen LogP contribution in [-0.2, 0) is 5.41 Å². The third kappa shape index (κ3) is 3.91. The second-order valence-corrected chi connectivity index (χ2v) is 8.52. The van der Waals surface area contributed by atoms with Crippen LogP contribution in [-0.4, -0.2) is 33.3 Å². The number of halogens is 1. The molecular formula is C25H34ClN2O+. The minimum atomic E-state index is 0.0508. The van der Waals surface area contributed by atoms with Gasteiger partial charge in [-0.15, -0.1) is 0 Å². The molecule has 4 heteroatoms. The Kier molecular flexibility index (Phi) is 6.60. The molecule has 0 fully saturated rings. The first kappa shape index (κ1) is 21.7. The molecule has 1 heterocycles. The highest BCUT2D eigenvalue weighted by molar-refractivity contribution is 6.30. The summed E-state index contributed by atoms with van der Waals surface area (Å²) in [6, 6.07) is 13.2. The molecule has 0 radical (unpaired) electrons. The molecule has 0 saturated heterocycles. The zero-order valence-electron chi connectivity index (χ0n) is 18.6. The zero-order chi connectivity index (χ0) is 21.2. The standard InChI is InChI=1S/C25H33ClN2O/c1-7-25(4)21-16-19(26)12-14-22(21)27(5)24(25)15-11-18-10-13-20(17-23(18)29-6)28(8-2)9-3/h10-17,24H,7-9H2,1-6H3/p+1/b15-11+. The molecule has 3 atom stereocenters. The highest BCUT2D eigenvalue weighted by Crippen LogP contribution is 2.41. The van der Waals surface area contributed by atoms with E-state index in [-0.39, 0.29) is 5.41 Å². The van der Waals surface area contributed by atoms with E-state index >= 15 is 0 Å². The number of nitrogens with one attached hydrogen (secondary N) is 1. The Labute approximate surface area is 180 Å². The molecule has 3 unspecified atom stereocenters. The van der Waals surface area contributed by atoms with Crippen molar-refractivity contribution in [3.63, 3.8) is 0 Å². The number of hydrogen-bond donors (Lipinski definition) is 1. The number of likely N-dealkylation sites (N-methyl/N-ethyl adjacent to an activating group) is 1. The van der Waals surface area contributed by atoms with Gasteiger partial charge in [0, 0.05) is 47.1 Å². The summed E-state index contributed by atoms with van der Waals surface area (Å²) in [4.78, 5) is 3.75. The second kappa shape index (κ2) is 8.81. The molecule has 0 aromatic heterocycles. The van der Waals surface area contributed by atoms with Gasteiger partial charge in [0.05, 0.1) is 19.6 Å². The van der Waals surface area contributed by atoms with Crippen LogP contribution in [0.1, 0.15) is 45.2 Å². The number of anilines is 1. The molecule has 0 spiro atoms. The van der Waals surface area contributed by atoms with Gasteiger partial charge in [0.15, 0.2) is 0 Å². The molecule has 0 bridgehead atoms. The summed E-state index contributed by atoms with van der Waals surface area (Å²) in [5.41, 5.74) is 5.08. The van der Waals surface area contributed by atoms with Crippen molar-refractivity contribution >= 4 is 29.1 Å². The molecule has 0 saturated carbocycles. The van der Waals surface area contributed by atoms with Crippen molar-refractivity contribution in [2.24, 2.45) is 0 Å². The van der Waals surface area contributed by atoms with E-state index in [4.69, 9.17) is 16.3 Å². The van der Waals surface area contributed by atoms with Crippen molar-refractivity contribution in [2.45, 2.75) is 45.6 Å². The lowest BCUT2D eigenvalue weighted by Crippen LogP contribution is -3.07. The van der Waals surface area contributed by atoms with E-state index in [1.165, 1.54) is 21.8 Å². The smallest absolute Gasteiger partial charge is 0.135 e. The lowest BCUT2D eigenvalue weighted by Gasteiger charge is -2.28. The maximum absolute atomic E-state index is 6.33. The lowest BCUT2D eigenvalue weighted by molar-refractivity contribution is -0.828. The van der Waals surface area contributed by atoms with Gasteiger partial charge in [-0.1, -0.05) is 18.5 Å². The predicted octanol–water partition coefficient (Wildman–Crippen LogP) is 5.10. The Morgan fingerprint density at radius 3 is 2.48 bits per heavy atom. The fraction of sp³-hybridized carbons (Fsp3) is 0.440. The Hall–Kier alpha value is -1.97. The van der Waals surface area contributed by atoms with Crippen LogP contribution in [0.25, 0.3) is 6.08 Å². The monoisotopic (exact) mass is 413 g/mol. The molecule has 156 valence electrons. The van der Waals surface area contributed by atoms with Gasteiger partial charge in [-0.3, -0.25) is 4.90 Å². The van der Waals surface area contributed by atoms with Crippen molar-refractivity contribution < 1.29 is 9.64 Å². The van der Waals surface area contributed by atoms with Crippen molar-refractivity contribution in [3.8, 4) is 5.75 Å². The van der Waals surface area contributed by atoms with Crippen LogP contribution in [0, 0.1) is 0 Å². The van der Waals surface area contributed by atoms with E-state index in [2.05, 4.69) is 82.1 Å². The van der Waals surface area contributed by atoms with Crippen LogP contribution in [0.15, 0.2) is 42.5 Å². The first-order chi connectivity index (χ1) is 13.9. The van der Waals surface area contributed by atoms with Crippen molar-refractivity contribution in [2.75, 3.05) is 32.1 Å². The number of hydrogen-bond acceptors (Lipinski definition) is 2. The van der Waals surface area contributed by atoms with Crippen molar-refractivity contribution in [1.82, 2.24) is 0 Å². The van der Waals surface area contributed by atoms with E-state index in [1.807, 2.05) is 6.07 Å². The van der Waals surface area contributed by atoms with Gasteiger partial charge in [-0.2, -0.15) is 0 Å². The molecule has 3 rings (SSSR count). The predicted molar refractivity (Wildman–Crippen MR) is 125 cm³/mol. The fourth-order valence-electron chi connectivity index (χ4n) is 4.74. The van der Waals surface area contributed by atoms with Crippen LogP contribution < -0.4 is 14.5 Å². The summed E-state index contributed by atoms with van der Waals surface area (Å²) < 4.78 is 5.72. The van der Waals surface area contributed by atoms with Crippen molar-refractivity contribution in [1.29, 1.82) is 0 Å². The highest BCUT2D eigenvalue weighted by atomic mass is 35.5. The fourth-order valence-corrected chi connectivity index (χ4v) is 4.91. The number of nitrogens with zero attached hydrogens (tertiary/aromatic N) is 1. The molecular weight excluding hydrogens is 380 g/mol. The highest BCUT2D eigenvalue weighted by Gasteiger charge is 2.48. The topological polar surface area (TPSA) is 16.9 Å². The van der Waals surface area contributed by atoms with E-state index in [0.29, 0.717) is 6.04 Å². The molecule has 29 heavy (non-hydrogen) atoms. The number of ether oxygens (including phenoxy) is 1. The van der Waals surface area contributed by atoms with Gasteiger partial charge in [-0.05, 0) is 63.6 Å². The van der Waals surface area contributed by atoms with E-state index in [9.17, 15) is 0 Å². The number of rotatable bonds is 7. The summed E-state index contributed by atoms with van der Waals surface area (Å²) in [7, 11) is 4.00. The first-order valence-electron chi connectivity index (χ1n) is 10.6. The Morgan fingerprint density at radius 2 is 1.86 bits per heavy atom. The van der Waals surface area contributed by atoms with Gasteiger partial charge in [0.25, 0.3) is 0 Å². The van der Waals surface area contributed by atoms with E-state index in [1.54, 1.807) is 7.11 Å². The quantitative estimate of drug-likeness (QED) is 0.679. The van der Waals surface area contributed by atoms with Gasteiger partial charge >= 0.3 is 0 Å². The third-order valence-electron chi connectivity index (χ3n) is 6.72. The molecule has 0 amide bonds. The maximum atomic E-state index is 6.33. The molecule has 1 aliphatic heterocycles. The minimum absolute atomic E-state index is 0.0508. The van der Waals surface area contributed by atoms with Crippen LogP contribution in [0.3, 0.4) is 0 Å². The molecule has 3 nitrogen and oxygen atoms in total. The first-order valence-corrected chi connectivity index (χ1v) is 11.0. The Morgan fingerprint density at radius 1 is 1.14 bits per heavy atom. The summed E-state index contributed by atoms with van der Waals surface area (Å²) in [5.74, 6) is 0.917. The summed E-state index contributed by atoms with van der Waals surface area (Å²) in [5, 5.41) is 0.814. The van der Waals surface area contributed by atoms with Gasteiger partial charge < -0.3 is 9.64 Å². The van der Waals surface area contributed by atoms with Gasteiger partial charge in [-0.25, -0.2) is 0 Å². The molecule has 1 N–H and O–H groups in total. The number of fused-ring (bicyclic) bond motifs is 1. The summed E-state index contributed by atoms with van der Waals surface area (Å²) >= 11 is 6.33. The molecule has 2 aromatic rings. The SMILES string of the molecule is CCN(CC)c1ccc(/C=C/C2[NH+](C)c3ccc(Cl)cc3C2(C)CC)c(OC)c1. The van der Waals surface area contributed by atoms with Crippen LogP contribution in [0.4, 0.5) is 11.4 Å². The van der Waals surface area contributed by atoms with Crippen LogP contribution in [0.2, 0.25) is 5.02 Å². The number of methoxy groups -OCH3 is 1. The zero-order valence-corrected chi connectivity index (χ0v) is 19.3. The molecule has 1 aliphatic rings. The minimum Gasteiger partial charge on any atom is -0.496 e. The molecule has 0 aliphatic carbocycles. The average molecular weight is 414 g/mol. The molecule has 2 aromatic carbocycles. The van der Waals surface area contributed by atoms with Gasteiger partial charge in [0.1, 0.15) is 17.5 Å². The van der Waals surface area contributed by atoms with E-state index in [0.717, 1.165) is 35.8 Å². The Balaban J connectivity index is 1.95. The Bertz CT molecular complexity index is 890. The lowest BCUT2D eigenvalue weighted by atomic mass is 9.76. The van der Waals surface area contributed by atoms with Crippen molar-refractivity contribution in [3.05, 3.63) is 58.6 Å². The average Bonchev–Trinajstić information content (AvgIpc) is 2.94. The summed E-state index contributed by atoms with van der Waals surface area (Å²) in [6.07, 6.45) is 5.63.